The van der Waals surface area contributed by atoms with Gasteiger partial charge < -0.3 is 4.90 Å². The molecule has 3 aliphatic heterocycles. The first-order valence-electron chi connectivity index (χ1n) is 13.8. The SMILES string of the molecule is CN1CC[C@@H](Oc2ccc(Nc3ncc4c(n3)N(c3cccc(C(C)(C)O)n3)I3CC(C)(C)OC[C@@]43C)cc2)C1. The molecule has 0 bridgehead atoms. The van der Waals surface area contributed by atoms with Gasteiger partial charge in [0.25, 0.3) is 0 Å². The zero-order valence-electron chi connectivity index (χ0n) is 24.1. The quantitative estimate of drug-likeness (QED) is 0.202. The molecular formula is C30H39IN6O3. The summed E-state index contributed by atoms with van der Waals surface area (Å²) < 4.78 is 15.7. The van der Waals surface area contributed by atoms with E-state index in [-0.39, 0.29) is 15.1 Å². The molecule has 10 heteroatoms. The molecule has 40 heavy (non-hydrogen) atoms. The Morgan fingerprint density at radius 3 is 2.60 bits per heavy atom. The van der Waals surface area contributed by atoms with Crippen molar-refractivity contribution in [2.75, 3.05) is 39.6 Å². The molecule has 3 aromatic rings. The number of alkyl halides is 2. The molecule has 3 aliphatic rings. The molecular weight excluding hydrogens is 619 g/mol. The van der Waals surface area contributed by atoms with Crippen molar-refractivity contribution in [3.63, 3.8) is 0 Å². The summed E-state index contributed by atoms with van der Waals surface area (Å²) in [5.74, 6) is 3.12. The maximum absolute atomic E-state index is 10.7. The summed E-state index contributed by atoms with van der Waals surface area (Å²) in [6.45, 7) is 12.8. The van der Waals surface area contributed by atoms with Crippen molar-refractivity contribution >= 4 is 43.4 Å². The number of ether oxygens (including phenoxy) is 2. The second-order valence-electron chi connectivity index (χ2n) is 12.3. The molecule has 2 fully saturated rings. The number of halogens is 1. The summed E-state index contributed by atoms with van der Waals surface area (Å²) in [5, 5.41) is 14.1. The van der Waals surface area contributed by atoms with Crippen LogP contribution in [-0.2, 0) is 13.8 Å². The Labute approximate surface area is 244 Å². The summed E-state index contributed by atoms with van der Waals surface area (Å²) >= 11 is -1.98. The van der Waals surface area contributed by atoms with E-state index in [1.807, 2.05) is 48.7 Å². The number of likely N-dealkylation sites (N-methyl/N-ethyl adjacent to an activating group) is 1. The van der Waals surface area contributed by atoms with Gasteiger partial charge in [-0.3, -0.25) is 0 Å². The molecule has 9 nitrogen and oxygen atoms in total. The van der Waals surface area contributed by atoms with Gasteiger partial charge in [0.15, 0.2) is 0 Å². The van der Waals surface area contributed by atoms with E-state index >= 15 is 0 Å². The Morgan fingerprint density at radius 2 is 1.90 bits per heavy atom. The fraction of sp³-hybridized carbons (Fsp3) is 0.500. The summed E-state index contributed by atoms with van der Waals surface area (Å²) in [5.41, 5.74) is 1.39. The van der Waals surface area contributed by atoms with Crippen molar-refractivity contribution in [3.05, 3.63) is 59.9 Å². The number of nitrogens with one attached hydrogen (secondary N) is 1. The van der Waals surface area contributed by atoms with E-state index in [1.165, 1.54) is 0 Å². The summed E-state index contributed by atoms with van der Waals surface area (Å²) in [6, 6.07) is 13.9. The molecule has 6 rings (SSSR count). The van der Waals surface area contributed by atoms with Gasteiger partial charge in [-0.2, -0.15) is 0 Å². The average molecular weight is 659 g/mol. The van der Waals surface area contributed by atoms with Gasteiger partial charge in [-0.1, -0.05) is 0 Å². The maximum atomic E-state index is 10.7. The van der Waals surface area contributed by atoms with Gasteiger partial charge in [-0.15, -0.1) is 0 Å². The van der Waals surface area contributed by atoms with Crippen molar-refractivity contribution in [1.82, 2.24) is 19.9 Å². The monoisotopic (exact) mass is 658 g/mol. The summed E-state index contributed by atoms with van der Waals surface area (Å²) in [6.07, 6.45) is 3.25. The number of fused-ring (bicyclic) bond motifs is 3. The van der Waals surface area contributed by atoms with Crippen LogP contribution >= 0.6 is 20.1 Å². The van der Waals surface area contributed by atoms with E-state index in [2.05, 4.69) is 41.1 Å². The van der Waals surface area contributed by atoms with E-state index < -0.39 is 25.7 Å². The van der Waals surface area contributed by atoms with Crippen LogP contribution in [0.15, 0.2) is 48.7 Å². The minimum atomic E-state index is -1.98. The van der Waals surface area contributed by atoms with Crippen LogP contribution in [0.4, 0.5) is 23.3 Å². The van der Waals surface area contributed by atoms with Gasteiger partial charge in [0.2, 0.25) is 0 Å². The van der Waals surface area contributed by atoms with Gasteiger partial charge in [-0.25, -0.2) is 0 Å². The van der Waals surface area contributed by atoms with Crippen LogP contribution in [0, 0.1) is 0 Å². The molecule has 2 saturated heterocycles. The first kappa shape index (κ1) is 27.6. The van der Waals surface area contributed by atoms with E-state index in [1.54, 1.807) is 13.8 Å². The number of nitrogens with zero attached hydrogens (tertiary/aromatic N) is 5. The predicted molar refractivity (Wildman–Crippen MR) is 166 cm³/mol. The van der Waals surface area contributed by atoms with Crippen LogP contribution in [0.3, 0.4) is 0 Å². The van der Waals surface area contributed by atoms with Gasteiger partial charge in [-0.05, 0) is 7.05 Å². The number of aliphatic hydroxyl groups is 1. The van der Waals surface area contributed by atoms with Crippen LogP contribution in [0.25, 0.3) is 0 Å². The van der Waals surface area contributed by atoms with Crippen LogP contribution in [-0.4, -0.2) is 67.8 Å². The Balaban J connectivity index is 1.31. The molecule has 0 amide bonds. The van der Waals surface area contributed by atoms with Crippen LogP contribution in [0.5, 0.6) is 5.75 Å². The van der Waals surface area contributed by atoms with Crippen molar-refractivity contribution in [2.24, 2.45) is 0 Å². The predicted octanol–water partition coefficient (Wildman–Crippen LogP) is 5.52. The summed E-state index contributed by atoms with van der Waals surface area (Å²) in [4.78, 5) is 17.0. The number of anilines is 4. The van der Waals surface area contributed by atoms with Crippen molar-refractivity contribution in [3.8, 4) is 5.75 Å². The number of hydrogen-bond acceptors (Lipinski definition) is 9. The molecule has 0 saturated carbocycles. The van der Waals surface area contributed by atoms with Crippen molar-refractivity contribution in [2.45, 2.75) is 61.8 Å². The molecule has 0 aliphatic carbocycles. The van der Waals surface area contributed by atoms with E-state index in [9.17, 15) is 5.11 Å². The van der Waals surface area contributed by atoms with Crippen LogP contribution in [0.1, 0.15) is 52.3 Å². The van der Waals surface area contributed by atoms with Gasteiger partial charge in [0, 0.05) is 6.54 Å². The molecule has 5 heterocycles. The standard InChI is InChI=1S/C30H39IN6O3/c1-28(2)18-31-30(5,19-39-28)23-16-32-27(33-20-10-12-21(13-11-20)40-22-14-15-36(6)17-22)35-26(23)37(31)25-9-7-8-24(34-25)29(3,4)38/h7-13,16,22,38H,14-15,17-19H2,1-6H3,(H,32,33,35)/t22-,30+/m1/s1. The first-order chi connectivity index (χ1) is 18.9. The van der Waals surface area contributed by atoms with Crippen LogP contribution < -0.4 is 13.2 Å². The topological polar surface area (TPSA) is 95.9 Å². The molecule has 2 aromatic heterocycles. The number of hydrogen-bond donors (Lipinski definition) is 2. The molecule has 2 atom stereocenters. The van der Waals surface area contributed by atoms with Crippen molar-refractivity contribution in [1.29, 1.82) is 0 Å². The fourth-order valence-electron chi connectivity index (χ4n) is 5.39. The van der Waals surface area contributed by atoms with Crippen molar-refractivity contribution < 1.29 is 14.6 Å². The molecule has 0 spiro atoms. The van der Waals surface area contributed by atoms with Gasteiger partial charge in [0.05, 0.1) is 0 Å². The van der Waals surface area contributed by atoms with E-state index in [0.29, 0.717) is 18.2 Å². The third-order valence-corrected chi connectivity index (χ3v) is 16.0. The number of rotatable bonds is 6. The third-order valence-electron chi connectivity index (χ3n) is 7.71. The first-order valence-corrected chi connectivity index (χ1v) is 17.4. The van der Waals surface area contributed by atoms with E-state index in [0.717, 1.165) is 52.6 Å². The number of likely N-dealkylation sites (tertiary alicyclic amines) is 1. The Kier molecular flexibility index (Phi) is 6.96. The Morgan fingerprint density at radius 1 is 1.12 bits per heavy atom. The molecule has 0 unspecified atom stereocenters. The zero-order valence-corrected chi connectivity index (χ0v) is 26.3. The molecule has 0 radical (unpaired) electrons. The minimum absolute atomic E-state index is 0.146. The third kappa shape index (κ3) is 5.26. The molecule has 2 N–H and O–H groups in total. The van der Waals surface area contributed by atoms with E-state index in [4.69, 9.17) is 24.4 Å². The molecule has 1 aromatic carbocycles. The van der Waals surface area contributed by atoms with Gasteiger partial charge in [0.1, 0.15) is 0 Å². The normalized spacial score (nSPS) is 25.0. The fourth-order valence-corrected chi connectivity index (χ4v) is 12.9. The number of aromatic nitrogens is 3. The second-order valence-corrected chi connectivity index (χ2v) is 18.3. The number of pyridine rings is 1. The zero-order chi connectivity index (χ0) is 28.3. The Hall–Kier alpha value is -2.54. The average Bonchev–Trinajstić information content (AvgIpc) is 3.42. The Bertz CT molecular complexity index is 1390. The summed E-state index contributed by atoms with van der Waals surface area (Å²) in [7, 11) is 2.13. The second kappa shape index (κ2) is 10.1. The number of benzene rings is 1. The van der Waals surface area contributed by atoms with Gasteiger partial charge >= 0.3 is 226 Å². The molecule has 214 valence electrons. The van der Waals surface area contributed by atoms with Crippen LogP contribution in [0.2, 0.25) is 0 Å².